The molecule has 1 aromatic heterocycles. The first kappa shape index (κ1) is 19.1. The zero-order valence-electron chi connectivity index (χ0n) is 16.9. The lowest BCUT2D eigenvalue weighted by atomic mass is 9.95. The number of rotatable bonds is 6. The topological polar surface area (TPSA) is 78.5 Å². The summed E-state index contributed by atoms with van der Waals surface area (Å²) in [5, 5.41) is 17.8. The number of nitrogens with one attached hydrogen (secondary N) is 1. The van der Waals surface area contributed by atoms with Gasteiger partial charge in [0.05, 0.1) is 12.6 Å². The number of aromatic hydroxyl groups is 1. The molecule has 4 rings (SSSR count). The number of benzene rings is 2. The third-order valence-corrected chi connectivity index (χ3v) is 5.24. The van der Waals surface area contributed by atoms with Crippen LogP contribution in [0.2, 0.25) is 0 Å². The Morgan fingerprint density at radius 2 is 1.93 bits per heavy atom. The van der Waals surface area contributed by atoms with Crippen LogP contribution >= 0.6 is 0 Å². The normalized spacial score (nSPS) is 15.6. The number of aromatic nitrogens is 2. The maximum Gasteiger partial charge on any atom is 0.273 e. The molecule has 2 aromatic carbocycles. The molecule has 3 aromatic rings. The molecule has 2 N–H and O–H groups in total. The fourth-order valence-corrected chi connectivity index (χ4v) is 3.97. The van der Waals surface area contributed by atoms with Gasteiger partial charge in [-0.05, 0) is 50.1 Å². The Labute approximate surface area is 170 Å². The minimum Gasteiger partial charge on any atom is -0.507 e. The Bertz CT molecular complexity index is 1040. The molecule has 1 aliphatic rings. The highest BCUT2D eigenvalue weighted by Crippen LogP contribution is 2.44. The fraction of sp³-hybridized carbons (Fsp3) is 0.304. The van der Waals surface area contributed by atoms with Crippen molar-refractivity contribution in [2.45, 2.75) is 33.2 Å². The molecule has 6 nitrogen and oxygen atoms in total. The lowest BCUT2D eigenvalue weighted by Crippen LogP contribution is -2.30. The van der Waals surface area contributed by atoms with Crippen LogP contribution in [0.25, 0.3) is 11.3 Å². The summed E-state index contributed by atoms with van der Waals surface area (Å²) in [6, 6.07) is 13.0. The fourth-order valence-electron chi connectivity index (χ4n) is 3.97. The second kappa shape index (κ2) is 7.62. The van der Waals surface area contributed by atoms with Gasteiger partial charge in [0.1, 0.15) is 22.9 Å². The van der Waals surface area contributed by atoms with E-state index in [1.165, 1.54) is 0 Å². The first-order valence-corrected chi connectivity index (χ1v) is 9.97. The lowest BCUT2D eigenvalue weighted by Gasteiger charge is -2.26. The van der Waals surface area contributed by atoms with E-state index in [1.807, 2.05) is 55.1 Å². The molecule has 1 amide bonds. The average molecular weight is 391 g/mol. The van der Waals surface area contributed by atoms with Gasteiger partial charge in [0.15, 0.2) is 0 Å². The zero-order valence-corrected chi connectivity index (χ0v) is 16.9. The van der Waals surface area contributed by atoms with Crippen LogP contribution in [0.15, 0.2) is 42.5 Å². The number of phenolic OH excluding ortho intramolecular Hbond substituents is 1. The molecule has 150 valence electrons. The molecule has 29 heavy (non-hydrogen) atoms. The highest BCUT2D eigenvalue weighted by atomic mass is 16.5. The van der Waals surface area contributed by atoms with E-state index >= 15 is 0 Å². The molecule has 0 aliphatic carbocycles. The number of H-pyrrole nitrogens is 1. The lowest BCUT2D eigenvalue weighted by molar-refractivity contribution is 0.0744. The van der Waals surface area contributed by atoms with Gasteiger partial charge < -0.3 is 14.7 Å². The van der Waals surface area contributed by atoms with Gasteiger partial charge in [0.25, 0.3) is 5.91 Å². The predicted molar refractivity (Wildman–Crippen MR) is 111 cm³/mol. The highest BCUT2D eigenvalue weighted by molar-refractivity contribution is 6.00. The number of carbonyl (C=O) groups excluding carboxylic acids is 1. The van der Waals surface area contributed by atoms with E-state index in [1.54, 1.807) is 6.07 Å². The Kier molecular flexibility index (Phi) is 5.01. The summed E-state index contributed by atoms with van der Waals surface area (Å²) in [6.45, 7) is 7.21. The van der Waals surface area contributed by atoms with Crippen LogP contribution in [0.4, 0.5) is 0 Å². The van der Waals surface area contributed by atoms with E-state index < -0.39 is 0 Å². The third-order valence-electron chi connectivity index (χ3n) is 5.24. The van der Waals surface area contributed by atoms with Crippen LogP contribution in [0.3, 0.4) is 0 Å². The summed E-state index contributed by atoms with van der Waals surface area (Å²) in [4.78, 5) is 15.0. The molecular formula is C23H25N3O3. The van der Waals surface area contributed by atoms with Crippen LogP contribution in [0.5, 0.6) is 11.5 Å². The van der Waals surface area contributed by atoms with Crippen molar-refractivity contribution in [3.63, 3.8) is 0 Å². The van der Waals surface area contributed by atoms with E-state index in [-0.39, 0.29) is 17.7 Å². The van der Waals surface area contributed by atoms with Gasteiger partial charge in [-0.2, -0.15) is 5.10 Å². The quantitative estimate of drug-likeness (QED) is 0.651. The summed E-state index contributed by atoms with van der Waals surface area (Å²) in [6.07, 6.45) is 0.849. The maximum absolute atomic E-state index is 13.1. The first-order chi connectivity index (χ1) is 14.0. The van der Waals surface area contributed by atoms with Gasteiger partial charge in [-0.15, -0.1) is 0 Å². The van der Waals surface area contributed by atoms with E-state index in [4.69, 9.17) is 4.74 Å². The van der Waals surface area contributed by atoms with Gasteiger partial charge in [-0.1, -0.05) is 30.7 Å². The summed E-state index contributed by atoms with van der Waals surface area (Å²) in [7, 11) is 0. The van der Waals surface area contributed by atoms with Crippen molar-refractivity contribution >= 4 is 5.91 Å². The number of nitrogens with zero attached hydrogens (tertiary/aromatic N) is 2. The molecule has 2 heterocycles. The first-order valence-electron chi connectivity index (χ1n) is 9.97. The standard InChI is InChI=1S/C23H25N3O3/c1-4-12-26-22(15-7-9-16(10-8-15)29-5-2)19-20(24-25-21(19)23(26)28)17-13-14(3)6-11-18(17)27/h6-11,13,22,27H,4-5,12H2,1-3H3,(H,24,25). The van der Waals surface area contributed by atoms with Crippen LogP contribution in [-0.2, 0) is 0 Å². The van der Waals surface area contributed by atoms with E-state index in [2.05, 4.69) is 17.1 Å². The molecule has 0 bridgehead atoms. The van der Waals surface area contributed by atoms with Crippen molar-refractivity contribution in [3.8, 4) is 22.8 Å². The van der Waals surface area contributed by atoms with Crippen LogP contribution < -0.4 is 4.74 Å². The number of aryl methyl sites for hydroxylation is 1. The summed E-state index contributed by atoms with van der Waals surface area (Å²) in [5.74, 6) is 0.884. The number of fused-ring (bicyclic) bond motifs is 1. The Morgan fingerprint density at radius 1 is 1.17 bits per heavy atom. The van der Waals surface area contributed by atoms with Gasteiger partial charge in [0.2, 0.25) is 0 Å². The second-order valence-electron chi connectivity index (χ2n) is 7.28. The number of aromatic amines is 1. The van der Waals surface area contributed by atoms with Crippen LogP contribution in [-0.4, -0.2) is 39.3 Å². The molecule has 0 fully saturated rings. The second-order valence-corrected chi connectivity index (χ2v) is 7.28. The molecule has 0 saturated carbocycles. The highest BCUT2D eigenvalue weighted by Gasteiger charge is 2.42. The smallest absolute Gasteiger partial charge is 0.273 e. The molecule has 0 spiro atoms. The number of hydrogen-bond acceptors (Lipinski definition) is 4. The van der Waals surface area contributed by atoms with Gasteiger partial charge in [-0.25, -0.2) is 0 Å². The maximum atomic E-state index is 13.1. The third kappa shape index (κ3) is 3.24. The molecule has 1 unspecified atom stereocenters. The molecule has 0 radical (unpaired) electrons. The largest absolute Gasteiger partial charge is 0.507 e. The number of ether oxygens (including phenoxy) is 1. The molecular weight excluding hydrogens is 366 g/mol. The van der Waals surface area contributed by atoms with E-state index in [9.17, 15) is 9.90 Å². The van der Waals surface area contributed by atoms with Crippen molar-refractivity contribution in [3.05, 3.63) is 64.8 Å². The molecule has 0 saturated heterocycles. The molecule has 6 heteroatoms. The average Bonchev–Trinajstić information content (AvgIpc) is 3.25. The molecule has 1 aliphatic heterocycles. The van der Waals surface area contributed by atoms with Gasteiger partial charge in [-0.3, -0.25) is 9.89 Å². The number of carbonyl (C=O) groups is 1. The van der Waals surface area contributed by atoms with Crippen molar-refractivity contribution < 1.29 is 14.6 Å². The van der Waals surface area contributed by atoms with Gasteiger partial charge in [0, 0.05) is 17.7 Å². The minimum absolute atomic E-state index is 0.0633. The molecule has 1 atom stereocenters. The number of phenols is 1. The predicted octanol–water partition coefficient (Wildman–Crippen LogP) is 4.44. The zero-order chi connectivity index (χ0) is 20.5. The SMILES string of the molecule is CCCN1C(=O)c2[nH]nc(-c3cc(C)ccc3O)c2C1c1ccc(OCC)cc1. The summed E-state index contributed by atoms with van der Waals surface area (Å²) in [5.41, 5.74) is 4.56. The Morgan fingerprint density at radius 3 is 2.62 bits per heavy atom. The van der Waals surface area contributed by atoms with E-state index in [0.29, 0.717) is 30.1 Å². The van der Waals surface area contributed by atoms with Crippen LogP contribution in [0.1, 0.15) is 53.5 Å². The summed E-state index contributed by atoms with van der Waals surface area (Å²) < 4.78 is 5.56. The van der Waals surface area contributed by atoms with E-state index in [0.717, 1.165) is 28.9 Å². The van der Waals surface area contributed by atoms with Crippen molar-refractivity contribution in [2.24, 2.45) is 0 Å². The Balaban J connectivity index is 1.86. The number of amides is 1. The monoisotopic (exact) mass is 391 g/mol. The number of hydrogen-bond donors (Lipinski definition) is 2. The Hall–Kier alpha value is -3.28. The van der Waals surface area contributed by atoms with Gasteiger partial charge >= 0.3 is 0 Å². The van der Waals surface area contributed by atoms with Crippen molar-refractivity contribution in [1.29, 1.82) is 0 Å². The van der Waals surface area contributed by atoms with Crippen molar-refractivity contribution in [1.82, 2.24) is 15.1 Å². The van der Waals surface area contributed by atoms with Crippen molar-refractivity contribution in [2.75, 3.05) is 13.2 Å². The minimum atomic E-state index is -0.262. The van der Waals surface area contributed by atoms with Crippen LogP contribution in [0, 0.1) is 6.92 Å². The summed E-state index contributed by atoms with van der Waals surface area (Å²) >= 11 is 0.